The first-order chi connectivity index (χ1) is 13.3. The van der Waals surface area contributed by atoms with E-state index in [-0.39, 0.29) is 11.5 Å². The van der Waals surface area contributed by atoms with Crippen molar-refractivity contribution in [2.75, 3.05) is 40.0 Å². The molecule has 1 unspecified atom stereocenters. The van der Waals surface area contributed by atoms with Gasteiger partial charge in [-0.05, 0) is 23.6 Å². The highest BCUT2D eigenvalue weighted by molar-refractivity contribution is 5.32. The van der Waals surface area contributed by atoms with Gasteiger partial charge in [-0.2, -0.15) is 5.10 Å². The molecule has 1 aliphatic rings. The topological polar surface area (TPSA) is 48.8 Å². The standard InChI is InChI=1S/C22H33N3O3/c1-22(2,3)16-25-10-12-28-21(15-25)20-13-17(24(4)23-20)9-11-27-19-8-6-7-18(14-19)26-5/h6-8,13-14,21H,9-12,15-16H2,1-5H3. The molecule has 0 bridgehead atoms. The van der Waals surface area contributed by atoms with Gasteiger partial charge in [-0.3, -0.25) is 9.58 Å². The van der Waals surface area contributed by atoms with Crippen LogP contribution in [0.2, 0.25) is 0 Å². The highest BCUT2D eigenvalue weighted by atomic mass is 16.5. The molecule has 0 N–H and O–H groups in total. The molecule has 0 radical (unpaired) electrons. The number of aryl methyl sites for hydroxylation is 1. The van der Waals surface area contributed by atoms with Crippen LogP contribution in [-0.4, -0.2) is 54.6 Å². The van der Waals surface area contributed by atoms with Crippen molar-refractivity contribution in [1.82, 2.24) is 14.7 Å². The van der Waals surface area contributed by atoms with Crippen molar-refractivity contribution in [3.63, 3.8) is 0 Å². The molecule has 6 heteroatoms. The van der Waals surface area contributed by atoms with Crippen LogP contribution in [0.1, 0.15) is 38.3 Å². The SMILES string of the molecule is COc1cccc(OCCc2cc(C3CN(CC(C)(C)C)CCO3)nn2C)c1. The molecule has 2 heterocycles. The number of hydrogen-bond acceptors (Lipinski definition) is 5. The van der Waals surface area contributed by atoms with Gasteiger partial charge in [-0.1, -0.05) is 26.8 Å². The highest BCUT2D eigenvalue weighted by Crippen LogP contribution is 2.25. The number of morpholine rings is 1. The second-order valence-corrected chi connectivity index (χ2v) is 8.62. The molecular weight excluding hydrogens is 354 g/mol. The molecule has 1 aromatic carbocycles. The summed E-state index contributed by atoms with van der Waals surface area (Å²) in [7, 11) is 3.65. The van der Waals surface area contributed by atoms with E-state index in [2.05, 4.69) is 31.7 Å². The Hall–Kier alpha value is -2.05. The van der Waals surface area contributed by atoms with Crippen molar-refractivity contribution in [3.05, 3.63) is 41.7 Å². The van der Waals surface area contributed by atoms with Crippen molar-refractivity contribution in [3.8, 4) is 11.5 Å². The van der Waals surface area contributed by atoms with Crippen LogP contribution in [0.4, 0.5) is 0 Å². The minimum absolute atomic E-state index is 0.0374. The summed E-state index contributed by atoms with van der Waals surface area (Å²) in [4.78, 5) is 2.48. The lowest BCUT2D eigenvalue weighted by Gasteiger charge is -2.36. The van der Waals surface area contributed by atoms with E-state index in [4.69, 9.17) is 19.3 Å². The molecule has 28 heavy (non-hydrogen) atoms. The van der Waals surface area contributed by atoms with Crippen LogP contribution in [0.5, 0.6) is 11.5 Å². The van der Waals surface area contributed by atoms with Gasteiger partial charge in [0.1, 0.15) is 17.6 Å². The molecular formula is C22H33N3O3. The van der Waals surface area contributed by atoms with Gasteiger partial charge in [0.15, 0.2) is 0 Å². The van der Waals surface area contributed by atoms with Crippen LogP contribution in [0.25, 0.3) is 0 Å². The number of ether oxygens (including phenoxy) is 3. The maximum Gasteiger partial charge on any atom is 0.123 e. The maximum atomic E-state index is 6.01. The maximum absolute atomic E-state index is 6.01. The fraction of sp³-hybridized carbons (Fsp3) is 0.591. The molecule has 0 saturated carbocycles. The van der Waals surface area contributed by atoms with Gasteiger partial charge in [0.05, 0.1) is 26.0 Å². The van der Waals surface area contributed by atoms with Gasteiger partial charge in [-0.15, -0.1) is 0 Å². The van der Waals surface area contributed by atoms with E-state index in [1.807, 2.05) is 36.0 Å². The Kier molecular flexibility index (Phi) is 6.62. The molecule has 0 spiro atoms. The number of methoxy groups -OCH3 is 1. The Morgan fingerprint density at radius 3 is 2.75 bits per heavy atom. The molecule has 1 aromatic heterocycles. The number of hydrogen-bond donors (Lipinski definition) is 0. The third-order valence-electron chi connectivity index (χ3n) is 4.84. The Morgan fingerprint density at radius 1 is 1.21 bits per heavy atom. The molecule has 1 saturated heterocycles. The van der Waals surface area contributed by atoms with Crippen LogP contribution >= 0.6 is 0 Å². The number of benzene rings is 1. The second kappa shape index (κ2) is 8.97. The fourth-order valence-electron chi connectivity index (χ4n) is 3.58. The lowest BCUT2D eigenvalue weighted by atomic mass is 9.95. The van der Waals surface area contributed by atoms with Crippen LogP contribution in [0, 0.1) is 5.41 Å². The Morgan fingerprint density at radius 2 is 2.00 bits per heavy atom. The molecule has 2 aromatic rings. The van der Waals surface area contributed by atoms with Crippen LogP contribution < -0.4 is 9.47 Å². The van der Waals surface area contributed by atoms with E-state index in [0.29, 0.717) is 6.61 Å². The van der Waals surface area contributed by atoms with Gasteiger partial charge in [0.25, 0.3) is 0 Å². The molecule has 1 atom stereocenters. The summed E-state index contributed by atoms with van der Waals surface area (Å²) in [5.74, 6) is 1.62. The second-order valence-electron chi connectivity index (χ2n) is 8.62. The van der Waals surface area contributed by atoms with E-state index in [1.54, 1.807) is 7.11 Å². The van der Waals surface area contributed by atoms with Gasteiger partial charge in [-0.25, -0.2) is 0 Å². The molecule has 1 aliphatic heterocycles. The van der Waals surface area contributed by atoms with Crippen LogP contribution in [0.15, 0.2) is 30.3 Å². The monoisotopic (exact) mass is 387 g/mol. The third kappa shape index (κ3) is 5.72. The zero-order valence-corrected chi connectivity index (χ0v) is 17.8. The Labute approximate surface area is 168 Å². The summed E-state index contributed by atoms with van der Waals surface area (Å²) in [6.07, 6.45) is 0.828. The summed E-state index contributed by atoms with van der Waals surface area (Å²) in [6, 6.07) is 9.83. The van der Waals surface area contributed by atoms with Crippen molar-refractivity contribution in [2.24, 2.45) is 12.5 Å². The highest BCUT2D eigenvalue weighted by Gasteiger charge is 2.27. The van der Waals surface area contributed by atoms with Crippen LogP contribution in [-0.2, 0) is 18.2 Å². The van der Waals surface area contributed by atoms with Gasteiger partial charge in [0.2, 0.25) is 0 Å². The molecule has 3 rings (SSSR count). The normalized spacial score (nSPS) is 18.2. The number of rotatable bonds is 7. The van der Waals surface area contributed by atoms with E-state index in [0.717, 1.165) is 55.5 Å². The summed E-state index contributed by atoms with van der Waals surface area (Å²) in [5, 5.41) is 4.71. The first-order valence-electron chi connectivity index (χ1n) is 9.98. The van der Waals surface area contributed by atoms with Crippen molar-refractivity contribution < 1.29 is 14.2 Å². The lowest BCUT2D eigenvalue weighted by molar-refractivity contribution is -0.0409. The summed E-state index contributed by atoms with van der Waals surface area (Å²) >= 11 is 0. The quantitative estimate of drug-likeness (QED) is 0.728. The Balaban J connectivity index is 1.56. The van der Waals surface area contributed by atoms with Crippen molar-refractivity contribution >= 4 is 0 Å². The Bertz CT molecular complexity index is 767. The first-order valence-corrected chi connectivity index (χ1v) is 9.98. The average Bonchev–Trinajstić information content (AvgIpc) is 3.02. The minimum atomic E-state index is 0.0374. The van der Waals surface area contributed by atoms with E-state index in [9.17, 15) is 0 Å². The van der Waals surface area contributed by atoms with E-state index in [1.165, 1.54) is 0 Å². The number of nitrogens with zero attached hydrogens (tertiary/aromatic N) is 3. The smallest absolute Gasteiger partial charge is 0.123 e. The molecule has 0 aliphatic carbocycles. The predicted molar refractivity (Wildman–Crippen MR) is 110 cm³/mol. The first kappa shape index (κ1) is 20.7. The zero-order chi connectivity index (χ0) is 20.1. The third-order valence-corrected chi connectivity index (χ3v) is 4.84. The van der Waals surface area contributed by atoms with E-state index < -0.39 is 0 Å². The largest absolute Gasteiger partial charge is 0.497 e. The lowest BCUT2D eigenvalue weighted by Crippen LogP contribution is -2.42. The molecule has 1 fully saturated rings. The van der Waals surface area contributed by atoms with Gasteiger partial charge >= 0.3 is 0 Å². The summed E-state index contributed by atoms with van der Waals surface area (Å²) in [5.41, 5.74) is 2.45. The average molecular weight is 388 g/mol. The van der Waals surface area contributed by atoms with Crippen molar-refractivity contribution in [1.29, 1.82) is 0 Å². The molecule has 154 valence electrons. The molecule has 6 nitrogen and oxygen atoms in total. The van der Waals surface area contributed by atoms with Crippen molar-refractivity contribution in [2.45, 2.75) is 33.3 Å². The van der Waals surface area contributed by atoms with E-state index >= 15 is 0 Å². The predicted octanol–water partition coefficient (Wildman–Crippen LogP) is 3.47. The fourth-order valence-corrected chi connectivity index (χ4v) is 3.58. The van der Waals surface area contributed by atoms with Gasteiger partial charge < -0.3 is 14.2 Å². The van der Waals surface area contributed by atoms with Crippen LogP contribution in [0.3, 0.4) is 0 Å². The summed E-state index contributed by atoms with van der Waals surface area (Å²) < 4.78 is 19.1. The zero-order valence-electron chi connectivity index (χ0n) is 17.8. The molecule has 0 amide bonds. The minimum Gasteiger partial charge on any atom is -0.497 e. The summed E-state index contributed by atoms with van der Waals surface area (Å²) in [6.45, 7) is 11.1. The van der Waals surface area contributed by atoms with Gasteiger partial charge in [0, 0.05) is 44.9 Å². The number of aromatic nitrogens is 2.